The highest BCUT2D eigenvalue weighted by Crippen LogP contribution is 2.24. The van der Waals surface area contributed by atoms with Crippen molar-refractivity contribution >= 4 is 0 Å². The minimum atomic E-state index is 0.510. The minimum absolute atomic E-state index is 0.510. The summed E-state index contributed by atoms with van der Waals surface area (Å²) in [5.74, 6) is 4.81. The van der Waals surface area contributed by atoms with E-state index in [0.717, 1.165) is 19.5 Å². The Bertz CT molecular complexity index is 155. The van der Waals surface area contributed by atoms with Crippen LogP contribution in [-0.4, -0.2) is 13.1 Å². The normalized spacial score (nSPS) is 31.8. The molecule has 1 N–H and O–H groups in total. The number of terminal acetylenes is 1. The molecule has 1 heterocycles. The summed E-state index contributed by atoms with van der Waals surface area (Å²) in [6.45, 7) is 6.70. The van der Waals surface area contributed by atoms with Crippen LogP contribution in [0.5, 0.6) is 0 Å². The van der Waals surface area contributed by atoms with Gasteiger partial charge in [0.05, 0.1) is 0 Å². The first-order valence-electron chi connectivity index (χ1n) is 4.42. The van der Waals surface area contributed by atoms with E-state index < -0.39 is 0 Å². The van der Waals surface area contributed by atoms with Crippen molar-refractivity contribution in [2.24, 2.45) is 17.8 Å². The largest absolute Gasteiger partial charge is 0.316 e. The molecular formula is C10H17N. The molecule has 0 amide bonds. The molecule has 0 radical (unpaired) electrons. The van der Waals surface area contributed by atoms with E-state index in [1.807, 2.05) is 0 Å². The molecule has 0 unspecified atom stereocenters. The monoisotopic (exact) mass is 151 g/mol. The summed E-state index contributed by atoms with van der Waals surface area (Å²) >= 11 is 0. The van der Waals surface area contributed by atoms with Gasteiger partial charge in [-0.1, -0.05) is 13.8 Å². The summed E-state index contributed by atoms with van der Waals surface area (Å²) in [7, 11) is 0. The van der Waals surface area contributed by atoms with E-state index in [1.165, 1.54) is 0 Å². The van der Waals surface area contributed by atoms with Gasteiger partial charge in [-0.15, -0.1) is 12.3 Å². The molecule has 1 aliphatic heterocycles. The Morgan fingerprint density at radius 3 is 2.73 bits per heavy atom. The average molecular weight is 151 g/mol. The zero-order valence-electron chi connectivity index (χ0n) is 7.43. The van der Waals surface area contributed by atoms with E-state index >= 15 is 0 Å². The highest BCUT2D eigenvalue weighted by Gasteiger charge is 2.25. The van der Waals surface area contributed by atoms with Crippen LogP contribution in [0.4, 0.5) is 0 Å². The lowest BCUT2D eigenvalue weighted by Crippen LogP contribution is -2.38. The summed E-state index contributed by atoms with van der Waals surface area (Å²) < 4.78 is 0. The van der Waals surface area contributed by atoms with Crippen LogP contribution in [0.25, 0.3) is 0 Å². The van der Waals surface area contributed by atoms with Gasteiger partial charge in [-0.2, -0.15) is 0 Å². The lowest BCUT2D eigenvalue weighted by molar-refractivity contribution is 0.242. The molecule has 0 saturated carbocycles. The van der Waals surface area contributed by atoms with Crippen LogP contribution in [0.2, 0.25) is 0 Å². The number of nitrogens with one attached hydrogen (secondary N) is 1. The molecule has 2 atom stereocenters. The van der Waals surface area contributed by atoms with Crippen molar-refractivity contribution in [3.63, 3.8) is 0 Å². The molecule has 1 saturated heterocycles. The summed E-state index contributed by atoms with van der Waals surface area (Å²) in [5, 5.41) is 3.38. The van der Waals surface area contributed by atoms with Crippen molar-refractivity contribution in [1.29, 1.82) is 0 Å². The van der Waals surface area contributed by atoms with Crippen molar-refractivity contribution in [3.8, 4) is 12.3 Å². The van der Waals surface area contributed by atoms with Crippen molar-refractivity contribution in [1.82, 2.24) is 5.32 Å². The van der Waals surface area contributed by atoms with Gasteiger partial charge in [0, 0.05) is 5.92 Å². The molecule has 1 heteroatoms. The molecule has 1 fully saturated rings. The zero-order valence-corrected chi connectivity index (χ0v) is 7.43. The molecule has 11 heavy (non-hydrogen) atoms. The van der Waals surface area contributed by atoms with Gasteiger partial charge in [0.1, 0.15) is 0 Å². The second kappa shape index (κ2) is 3.78. The molecule has 0 aliphatic carbocycles. The molecule has 1 aliphatic rings. The topological polar surface area (TPSA) is 12.0 Å². The van der Waals surface area contributed by atoms with Crippen LogP contribution in [0.3, 0.4) is 0 Å². The highest BCUT2D eigenvalue weighted by atomic mass is 14.9. The first kappa shape index (κ1) is 8.62. The Balaban J connectivity index is 2.53. The van der Waals surface area contributed by atoms with Crippen LogP contribution >= 0.6 is 0 Å². The zero-order chi connectivity index (χ0) is 8.27. The van der Waals surface area contributed by atoms with Gasteiger partial charge in [-0.25, -0.2) is 0 Å². The number of rotatable bonds is 1. The standard InChI is InChI=1S/C10H17N/c1-4-9-5-6-11-7-10(9)8(2)3/h1,8-11H,5-7H2,2-3H3/t9-,10-/m0/s1. The van der Waals surface area contributed by atoms with Gasteiger partial charge < -0.3 is 5.32 Å². The SMILES string of the molecule is C#C[C@H]1CCNC[C@H]1C(C)C. The summed E-state index contributed by atoms with van der Waals surface area (Å²) in [4.78, 5) is 0. The first-order chi connectivity index (χ1) is 5.25. The second-order valence-electron chi connectivity index (χ2n) is 3.67. The van der Waals surface area contributed by atoms with Crippen LogP contribution in [0, 0.1) is 30.1 Å². The Morgan fingerprint density at radius 2 is 2.27 bits per heavy atom. The van der Waals surface area contributed by atoms with Gasteiger partial charge in [-0.3, -0.25) is 0 Å². The summed E-state index contributed by atoms with van der Waals surface area (Å²) in [5.41, 5.74) is 0. The fraction of sp³-hybridized carbons (Fsp3) is 0.800. The lowest BCUT2D eigenvalue weighted by Gasteiger charge is -2.31. The molecule has 1 rings (SSSR count). The first-order valence-corrected chi connectivity index (χ1v) is 4.42. The van der Waals surface area contributed by atoms with Crippen molar-refractivity contribution in [2.75, 3.05) is 13.1 Å². The smallest absolute Gasteiger partial charge is 0.0255 e. The third kappa shape index (κ3) is 1.97. The Morgan fingerprint density at radius 1 is 1.55 bits per heavy atom. The third-order valence-corrected chi connectivity index (χ3v) is 2.60. The van der Waals surface area contributed by atoms with Crippen LogP contribution in [0.1, 0.15) is 20.3 Å². The van der Waals surface area contributed by atoms with E-state index in [9.17, 15) is 0 Å². The van der Waals surface area contributed by atoms with Gasteiger partial charge in [-0.05, 0) is 31.3 Å². The van der Waals surface area contributed by atoms with Crippen LogP contribution in [0.15, 0.2) is 0 Å². The fourth-order valence-electron chi connectivity index (χ4n) is 1.79. The van der Waals surface area contributed by atoms with E-state index in [2.05, 4.69) is 25.1 Å². The Labute approximate surface area is 69.6 Å². The van der Waals surface area contributed by atoms with Crippen molar-refractivity contribution in [3.05, 3.63) is 0 Å². The predicted molar refractivity (Wildman–Crippen MR) is 48.1 cm³/mol. The molecule has 0 spiro atoms. The quantitative estimate of drug-likeness (QED) is 0.560. The average Bonchev–Trinajstić information content (AvgIpc) is 2.04. The van der Waals surface area contributed by atoms with Crippen LogP contribution in [-0.2, 0) is 0 Å². The van der Waals surface area contributed by atoms with E-state index in [-0.39, 0.29) is 0 Å². The lowest BCUT2D eigenvalue weighted by atomic mass is 9.80. The second-order valence-corrected chi connectivity index (χ2v) is 3.67. The maximum Gasteiger partial charge on any atom is 0.0255 e. The van der Waals surface area contributed by atoms with E-state index in [0.29, 0.717) is 17.8 Å². The highest BCUT2D eigenvalue weighted by molar-refractivity contribution is 4.99. The predicted octanol–water partition coefficient (Wildman–Crippen LogP) is 1.50. The van der Waals surface area contributed by atoms with E-state index in [4.69, 9.17) is 6.42 Å². The van der Waals surface area contributed by atoms with Gasteiger partial charge in [0.25, 0.3) is 0 Å². The van der Waals surface area contributed by atoms with Gasteiger partial charge >= 0.3 is 0 Å². The number of hydrogen-bond acceptors (Lipinski definition) is 1. The summed E-state index contributed by atoms with van der Waals surface area (Å²) in [6, 6.07) is 0. The molecule has 1 nitrogen and oxygen atoms in total. The maximum atomic E-state index is 5.45. The van der Waals surface area contributed by atoms with Crippen LogP contribution < -0.4 is 5.32 Å². The molecule has 62 valence electrons. The fourth-order valence-corrected chi connectivity index (χ4v) is 1.79. The molecule has 0 bridgehead atoms. The molecular weight excluding hydrogens is 134 g/mol. The number of piperidine rings is 1. The third-order valence-electron chi connectivity index (χ3n) is 2.60. The van der Waals surface area contributed by atoms with Gasteiger partial charge in [0.15, 0.2) is 0 Å². The molecule has 0 aromatic carbocycles. The molecule has 0 aromatic heterocycles. The Kier molecular flexibility index (Phi) is 2.96. The summed E-state index contributed by atoms with van der Waals surface area (Å²) in [6.07, 6.45) is 6.61. The maximum absolute atomic E-state index is 5.45. The Hall–Kier alpha value is -0.480. The van der Waals surface area contributed by atoms with Crippen molar-refractivity contribution in [2.45, 2.75) is 20.3 Å². The van der Waals surface area contributed by atoms with Crippen molar-refractivity contribution < 1.29 is 0 Å². The number of hydrogen-bond donors (Lipinski definition) is 1. The minimum Gasteiger partial charge on any atom is -0.316 e. The molecule has 0 aromatic rings. The van der Waals surface area contributed by atoms with Gasteiger partial charge in [0.2, 0.25) is 0 Å². The van der Waals surface area contributed by atoms with E-state index in [1.54, 1.807) is 0 Å².